The largest absolute Gasteiger partial charge is 0.477 e. The Bertz CT molecular complexity index is 606. The highest BCUT2D eigenvalue weighted by Crippen LogP contribution is 2.07. The minimum atomic E-state index is -1.30. The zero-order valence-electron chi connectivity index (χ0n) is 7.35. The van der Waals surface area contributed by atoms with Crippen molar-refractivity contribution in [2.45, 2.75) is 0 Å². The molecule has 0 bridgehead atoms. The number of hydrogen-bond donors (Lipinski definition) is 1. The minimum absolute atomic E-state index is 0.342. The van der Waals surface area contributed by atoms with Crippen LogP contribution in [0.5, 0.6) is 0 Å². The molecular weight excluding hydrogens is 220 g/mol. The Morgan fingerprint density at radius 2 is 2.20 bits per heavy atom. The fourth-order valence-electron chi connectivity index (χ4n) is 1.20. The van der Waals surface area contributed by atoms with Gasteiger partial charge < -0.3 is 5.11 Å². The number of carbonyl (C=O) groups is 1. The van der Waals surface area contributed by atoms with E-state index in [-0.39, 0.29) is 5.56 Å². The van der Waals surface area contributed by atoms with Crippen molar-refractivity contribution in [3.05, 3.63) is 45.5 Å². The number of aromatic nitrogens is 2. The third kappa shape index (κ3) is 1.57. The van der Waals surface area contributed by atoms with E-state index in [1.165, 1.54) is 12.3 Å². The quantitative estimate of drug-likeness (QED) is 0.786. The highest BCUT2D eigenvalue weighted by atomic mass is 35.5. The molecule has 6 heteroatoms. The molecule has 1 N–H and O–H groups in total. The Labute approximate surface area is 88.6 Å². The van der Waals surface area contributed by atoms with Crippen LogP contribution < -0.4 is 5.56 Å². The van der Waals surface area contributed by atoms with Crippen molar-refractivity contribution >= 4 is 23.2 Å². The molecule has 0 spiro atoms. The van der Waals surface area contributed by atoms with Crippen LogP contribution in [0.25, 0.3) is 5.65 Å². The lowest BCUT2D eigenvalue weighted by Gasteiger charge is -2.00. The van der Waals surface area contributed by atoms with E-state index in [1.54, 1.807) is 6.07 Å². The average Bonchev–Trinajstić information content (AvgIpc) is 2.19. The Kier molecular flexibility index (Phi) is 2.17. The van der Waals surface area contributed by atoms with Crippen molar-refractivity contribution in [1.82, 2.24) is 9.38 Å². The number of carboxylic acid groups (broad SMARTS) is 1. The Hall–Kier alpha value is -1.88. The van der Waals surface area contributed by atoms with Gasteiger partial charge in [0.25, 0.3) is 5.56 Å². The number of carboxylic acids is 1. The number of halogens is 1. The molecule has 0 aliphatic heterocycles. The molecule has 2 heterocycles. The summed E-state index contributed by atoms with van der Waals surface area (Å²) in [5, 5.41) is 9.05. The lowest BCUT2D eigenvalue weighted by Crippen LogP contribution is -2.22. The first-order valence-corrected chi connectivity index (χ1v) is 4.37. The molecule has 0 unspecified atom stereocenters. The molecule has 0 saturated carbocycles. The molecule has 2 aromatic rings. The normalized spacial score (nSPS) is 10.5. The molecule has 15 heavy (non-hydrogen) atoms. The molecule has 2 aromatic heterocycles. The average molecular weight is 225 g/mol. The van der Waals surface area contributed by atoms with E-state index in [4.69, 9.17) is 16.7 Å². The third-order valence-electron chi connectivity index (χ3n) is 1.90. The summed E-state index contributed by atoms with van der Waals surface area (Å²) in [6.07, 6.45) is 2.37. The highest BCUT2D eigenvalue weighted by Gasteiger charge is 2.11. The molecule has 0 amide bonds. The molecular formula is C9H5ClN2O3. The van der Waals surface area contributed by atoms with Gasteiger partial charge in [0, 0.05) is 12.4 Å². The van der Waals surface area contributed by atoms with Crippen LogP contribution in [0.2, 0.25) is 5.02 Å². The van der Waals surface area contributed by atoms with Crippen LogP contribution in [0.4, 0.5) is 0 Å². The summed E-state index contributed by atoms with van der Waals surface area (Å²) in [7, 11) is 0. The number of nitrogens with zero attached hydrogens (tertiary/aromatic N) is 2. The molecule has 0 radical (unpaired) electrons. The zero-order valence-corrected chi connectivity index (χ0v) is 8.10. The van der Waals surface area contributed by atoms with E-state index < -0.39 is 11.5 Å². The van der Waals surface area contributed by atoms with Crippen molar-refractivity contribution in [1.29, 1.82) is 0 Å². The van der Waals surface area contributed by atoms with Crippen molar-refractivity contribution < 1.29 is 9.90 Å². The first kappa shape index (κ1) is 9.67. The second-order valence-electron chi connectivity index (χ2n) is 2.86. The van der Waals surface area contributed by atoms with Gasteiger partial charge in [0.05, 0.1) is 5.02 Å². The van der Waals surface area contributed by atoms with Gasteiger partial charge in [-0.05, 0) is 12.1 Å². The first-order valence-electron chi connectivity index (χ1n) is 4.00. The highest BCUT2D eigenvalue weighted by molar-refractivity contribution is 6.30. The maximum atomic E-state index is 11.6. The van der Waals surface area contributed by atoms with E-state index in [0.29, 0.717) is 10.7 Å². The summed E-state index contributed by atoms with van der Waals surface area (Å²) in [6.45, 7) is 0. The van der Waals surface area contributed by atoms with Gasteiger partial charge in [-0.25, -0.2) is 9.78 Å². The second-order valence-corrected chi connectivity index (χ2v) is 3.29. The van der Waals surface area contributed by atoms with Crippen LogP contribution in [0.3, 0.4) is 0 Å². The minimum Gasteiger partial charge on any atom is -0.477 e. The van der Waals surface area contributed by atoms with Gasteiger partial charge in [-0.15, -0.1) is 0 Å². The van der Waals surface area contributed by atoms with Gasteiger partial charge in [-0.3, -0.25) is 9.20 Å². The summed E-state index contributed by atoms with van der Waals surface area (Å²) < 4.78 is 1.10. The molecule has 0 fully saturated rings. The fourth-order valence-corrected chi connectivity index (χ4v) is 1.36. The van der Waals surface area contributed by atoms with E-state index in [9.17, 15) is 9.59 Å². The molecule has 0 saturated heterocycles. The number of pyridine rings is 1. The number of aromatic carboxylic acids is 1. The molecule has 0 aliphatic rings. The van der Waals surface area contributed by atoms with Crippen molar-refractivity contribution in [2.75, 3.05) is 0 Å². The zero-order chi connectivity index (χ0) is 11.0. The van der Waals surface area contributed by atoms with Gasteiger partial charge in [-0.2, -0.15) is 0 Å². The van der Waals surface area contributed by atoms with E-state index in [2.05, 4.69) is 4.98 Å². The van der Waals surface area contributed by atoms with Gasteiger partial charge in [-0.1, -0.05) is 11.6 Å². The number of rotatable bonds is 1. The van der Waals surface area contributed by atoms with Crippen LogP contribution in [0.1, 0.15) is 10.4 Å². The Balaban J connectivity index is 2.89. The molecule has 5 nitrogen and oxygen atoms in total. The predicted molar refractivity (Wildman–Crippen MR) is 53.4 cm³/mol. The fraction of sp³-hybridized carbons (Fsp3) is 0. The Morgan fingerprint density at radius 1 is 1.47 bits per heavy atom. The van der Waals surface area contributed by atoms with Gasteiger partial charge >= 0.3 is 5.97 Å². The summed E-state index contributed by atoms with van der Waals surface area (Å²) >= 11 is 5.69. The van der Waals surface area contributed by atoms with Crippen LogP contribution in [-0.2, 0) is 0 Å². The smallest absolute Gasteiger partial charge is 0.342 e. The number of fused-ring (bicyclic) bond motifs is 1. The lowest BCUT2D eigenvalue weighted by molar-refractivity contribution is 0.0694. The van der Waals surface area contributed by atoms with Gasteiger partial charge in [0.2, 0.25) is 0 Å². The maximum Gasteiger partial charge on any atom is 0.342 e. The maximum absolute atomic E-state index is 11.6. The molecule has 0 aliphatic carbocycles. The van der Waals surface area contributed by atoms with E-state index >= 15 is 0 Å². The first-order chi connectivity index (χ1) is 7.09. The van der Waals surface area contributed by atoms with Crippen LogP contribution in [-0.4, -0.2) is 20.5 Å². The van der Waals surface area contributed by atoms with E-state index in [0.717, 1.165) is 10.6 Å². The molecule has 0 aromatic carbocycles. The third-order valence-corrected chi connectivity index (χ3v) is 2.12. The van der Waals surface area contributed by atoms with Crippen molar-refractivity contribution in [3.63, 3.8) is 0 Å². The summed E-state index contributed by atoms with van der Waals surface area (Å²) in [4.78, 5) is 26.1. The van der Waals surface area contributed by atoms with Gasteiger partial charge in [0.15, 0.2) is 0 Å². The molecule has 2 rings (SSSR count). The topological polar surface area (TPSA) is 71.7 Å². The summed E-state index contributed by atoms with van der Waals surface area (Å²) in [6, 6.07) is 3.11. The van der Waals surface area contributed by atoms with Crippen LogP contribution >= 0.6 is 11.6 Å². The molecule has 0 atom stereocenters. The Morgan fingerprint density at radius 3 is 2.87 bits per heavy atom. The van der Waals surface area contributed by atoms with Crippen molar-refractivity contribution in [3.8, 4) is 0 Å². The van der Waals surface area contributed by atoms with Crippen LogP contribution in [0, 0.1) is 0 Å². The predicted octanol–water partition coefficient (Wildman–Crippen LogP) is 1.05. The monoisotopic (exact) mass is 224 g/mol. The lowest BCUT2D eigenvalue weighted by atomic mass is 10.3. The van der Waals surface area contributed by atoms with Gasteiger partial charge in [0.1, 0.15) is 11.2 Å². The summed E-state index contributed by atoms with van der Waals surface area (Å²) in [5.74, 6) is -1.30. The SMILES string of the molecule is O=C(O)c1cnc2ccc(Cl)cn2c1=O. The second kappa shape index (κ2) is 3.36. The molecule has 76 valence electrons. The van der Waals surface area contributed by atoms with Crippen molar-refractivity contribution in [2.24, 2.45) is 0 Å². The van der Waals surface area contributed by atoms with Crippen LogP contribution in [0.15, 0.2) is 29.3 Å². The number of hydrogen-bond acceptors (Lipinski definition) is 3. The van der Waals surface area contributed by atoms with E-state index in [1.807, 2.05) is 0 Å². The summed E-state index contributed by atoms with van der Waals surface area (Å²) in [5.41, 5.74) is -0.667. The standard InChI is InChI=1S/C9H5ClN2O3/c10-5-1-2-7-11-3-6(9(14)15)8(13)12(7)4-5/h1-4H,(H,14,15).